The lowest BCUT2D eigenvalue weighted by Crippen LogP contribution is -2.26. The van der Waals surface area contributed by atoms with Crippen molar-refractivity contribution >= 4 is 15.9 Å². The number of hydrogen-bond donors (Lipinski definition) is 1. The summed E-state index contributed by atoms with van der Waals surface area (Å²) in [6.07, 6.45) is 3.35. The summed E-state index contributed by atoms with van der Waals surface area (Å²) < 4.78 is 15.8. The molecular formula is C12H13BrFN5O. The Morgan fingerprint density at radius 1 is 1.60 bits per heavy atom. The lowest BCUT2D eigenvalue weighted by atomic mass is 10.3. The van der Waals surface area contributed by atoms with Crippen molar-refractivity contribution in [1.82, 2.24) is 19.3 Å². The summed E-state index contributed by atoms with van der Waals surface area (Å²) in [5.41, 5.74) is 6.08. The summed E-state index contributed by atoms with van der Waals surface area (Å²) in [5.74, 6) is 0.489. The molecule has 0 amide bonds. The predicted octanol–water partition coefficient (Wildman–Crippen LogP) is 1.31. The zero-order valence-electron chi connectivity index (χ0n) is 10.8. The first-order valence-corrected chi connectivity index (χ1v) is 6.61. The van der Waals surface area contributed by atoms with Gasteiger partial charge in [0, 0.05) is 17.2 Å². The monoisotopic (exact) mass is 341 g/mol. The summed E-state index contributed by atoms with van der Waals surface area (Å²) in [7, 11) is 0. The van der Waals surface area contributed by atoms with E-state index in [0.717, 1.165) is 14.7 Å². The highest BCUT2D eigenvalue weighted by molar-refractivity contribution is 9.10. The third-order valence-corrected chi connectivity index (χ3v) is 3.18. The van der Waals surface area contributed by atoms with Crippen LogP contribution in [-0.2, 0) is 6.54 Å². The van der Waals surface area contributed by atoms with Gasteiger partial charge in [-0.1, -0.05) is 0 Å². The molecule has 2 rings (SSSR count). The van der Waals surface area contributed by atoms with Gasteiger partial charge in [-0.25, -0.2) is 23.4 Å². The van der Waals surface area contributed by atoms with Crippen molar-refractivity contribution in [3.05, 3.63) is 51.0 Å². The molecule has 2 heterocycles. The van der Waals surface area contributed by atoms with Gasteiger partial charge in [0.2, 0.25) is 0 Å². The molecule has 2 N–H and O–H groups in total. The van der Waals surface area contributed by atoms with Crippen LogP contribution in [0.25, 0.3) is 5.82 Å². The van der Waals surface area contributed by atoms with Gasteiger partial charge >= 0.3 is 5.69 Å². The van der Waals surface area contributed by atoms with Crippen molar-refractivity contribution in [3.63, 3.8) is 0 Å². The highest BCUT2D eigenvalue weighted by atomic mass is 79.9. The van der Waals surface area contributed by atoms with Crippen molar-refractivity contribution in [3.8, 4) is 5.82 Å². The molecule has 0 bridgehead atoms. The standard InChI is InChI=1S/C12H13BrFN5O/c1-8-2-10(13)5-16-11(8)18-7-17-19(12(18)20)6-9(3-14)4-15/h2-3,5,7H,4,6,15H2,1H3/b9-3-. The third kappa shape index (κ3) is 2.86. The van der Waals surface area contributed by atoms with Gasteiger partial charge in [-0.05, 0) is 40.1 Å². The van der Waals surface area contributed by atoms with E-state index in [1.807, 2.05) is 13.0 Å². The smallest absolute Gasteiger partial charge is 0.327 e. The molecule has 0 aliphatic carbocycles. The van der Waals surface area contributed by atoms with Gasteiger partial charge in [0.15, 0.2) is 0 Å². The molecule has 0 spiro atoms. The Morgan fingerprint density at radius 2 is 2.35 bits per heavy atom. The number of nitrogens with zero attached hydrogens (tertiary/aromatic N) is 4. The van der Waals surface area contributed by atoms with Crippen molar-refractivity contribution in [2.75, 3.05) is 6.54 Å². The molecule has 0 atom stereocenters. The number of hydrogen-bond acceptors (Lipinski definition) is 4. The largest absolute Gasteiger partial charge is 0.351 e. The van der Waals surface area contributed by atoms with Crippen molar-refractivity contribution in [2.45, 2.75) is 13.5 Å². The average molecular weight is 342 g/mol. The Hall–Kier alpha value is -1.80. The van der Waals surface area contributed by atoms with Crippen LogP contribution in [0.3, 0.4) is 0 Å². The van der Waals surface area contributed by atoms with Crippen molar-refractivity contribution in [1.29, 1.82) is 0 Å². The maximum atomic E-state index is 12.5. The zero-order valence-corrected chi connectivity index (χ0v) is 12.3. The minimum absolute atomic E-state index is 0.0222. The summed E-state index contributed by atoms with van der Waals surface area (Å²) in [4.78, 5) is 16.4. The fourth-order valence-corrected chi connectivity index (χ4v) is 2.16. The molecular weight excluding hydrogens is 329 g/mol. The maximum absolute atomic E-state index is 12.5. The Morgan fingerprint density at radius 3 is 2.95 bits per heavy atom. The van der Waals surface area contributed by atoms with Crippen LogP contribution in [-0.4, -0.2) is 25.9 Å². The minimum atomic E-state index is -0.393. The fraction of sp³-hybridized carbons (Fsp3) is 0.250. The summed E-state index contributed by atoms with van der Waals surface area (Å²) in [5, 5.41) is 3.94. The van der Waals surface area contributed by atoms with E-state index in [1.165, 1.54) is 10.9 Å². The molecule has 106 valence electrons. The van der Waals surface area contributed by atoms with E-state index in [2.05, 4.69) is 26.0 Å². The quantitative estimate of drug-likeness (QED) is 0.909. The number of halogens is 2. The molecule has 0 saturated carbocycles. The molecule has 20 heavy (non-hydrogen) atoms. The summed E-state index contributed by atoms with van der Waals surface area (Å²) in [6.45, 7) is 1.89. The summed E-state index contributed by atoms with van der Waals surface area (Å²) >= 11 is 3.31. The van der Waals surface area contributed by atoms with E-state index >= 15 is 0 Å². The van der Waals surface area contributed by atoms with Crippen LogP contribution in [0, 0.1) is 6.92 Å². The van der Waals surface area contributed by atoms with Crippen LogP contribution in [0.4, 0.5) is 4.39 Å². The van der Waals surface area contributed by atoms with E-state index in [-0.39, 0.29) is 18.7 Å². The molecule has 0 unspecified atom stereocenters. The fourth-order valence-electron chi connectivity index (χ4n) is 1.71. The molecule has 0 radical (unpaired) electrons. The second-order valence-electron chi connectivity index (χ2n) is 4.21. The van der Waals surface area contributed by atoms with Crippen LogP contribution in [0.5, 0.6) is 0 Å². The molecule has 0 aliphatic heterocycles. The third-order valence-electron chi connectivity index (χ3n) is 2.75. The number of aryl methyl sites for hydroxylation is 1. The van der Waals surface area contributed by atoms with Gasteiger partial charge in [-0.2, -0.15) is 5.10 Å². The van der Waals surface area contributed by atoms with Crippen LogP contribution in [0.2, 0.25) is 0 Å². The Bertz CT molecular complexity index is 706. The van der Waals surface area contributed by atoms with Crippen molar-refractivity contribution < 1.29 is 4.39 Å². The number of rotatable bonds is 4. The number of nitrogens with two attached hydrogens (primary N) is 1. The first kappa shape index (κ1) is 14.6. The number of pyridine rings is 1. The Labute approximate surface area is 122 Å². The lowest BCUT2D eigenvalue weighted by molar-refractivity contribution is 0.612. The maximum Gasteiger partial charge on any atom is 0.351 e. The Kier molecular flexibility index (Phi) is 4.46. The molecule has 6 nitrogen and oxygen atoms in total. The SMILES string of the molecule is Cc1cc(Br)cnc1-n1cnn(C/C(=C\F)CN)c1=O. The van der Waals surface area contributed by atoms with E-state index in [0.29, 0.717) is 12.1 Å². The second-order valence-corrected chi connectivity index (χ2v) is 5.12. The van der Waals surface area contributed by atoms with Gasteiger partial charge < -0.3 is 5.73 Å². The average Bonchev–Trinajstić information content (AvgIpc) is 2.77. The normalized spacial score (nSPS) is 11.9. The highest BCUT2D eigenvalue weighted by Gasteiger charge is 2.11. The number of aromatic nitrogens is 4. The second kappa shape index (κ2) is 6.10. The van der Waals surface area contributed by atoms with Crippen LogP contribution < -0.4 is 11.4 Å². The van der Waals surface area contributed by atoms with Gasteiger partial charge in [0.05, 0.1) is 12.9 Å². The van der Waals surface area contributed by atoms with Gasteiger partial charge in [0.1, 0.15) is 12.1 Å². The van der Waals surface area contributed by atoms with Gasteiger partial charge in [-0.15, -0.1) is 0 Å². The van der Waals surface area contributed by atoms with E-state index < -0.39 is 5.69 Å². The van der Waals surface area contributed by atoms with Gasteiger partial charge in [-0.3, -0.25) is 0 Å². The zero-order chi connectivity index (χ0) is 14.7. The highest BCUT2D eigenvalue weighted by Crippen LogP contribution is 2.14. The predicted molar refractivity (Wildman–Crippen MR) is 76.3 cm³/mol. The van der Waals surface area contributed by atoms with Crippen molar-refractivity contribution in [2.24, 2.45) is 5.73 Å². The first-order chi connectivity index (χ1) is 9.56. The molecule has 2 aromatic heterocycles. The van der Waals surface area contributed by atoms with Crippen LogP contribution in [0.15, 0.2) is 39.8 Å². The molecule has 2 aromatic rings. The lowest BCUT2D eigenvalue weighted by Gasteiger charge is -2.04. The topological polar surface area (TPSA) is 78.7 Å². The molecule has 8 heteroatoms. The van der Waals surface area contributed by atoms with Crippen LogP contribution in [0.1, 0.15) is 5.56 Å². The summed E-state index contributed by atoms with van der Waals surface area (Å²) in [6, 6.07) is 1.85. The molecule has 0 aliphatic rings. The van der Waals surface area contributed by atoms with Crippen LogP contribution >= 0.6 is 15.9 Å². The molecule has 0 aromatic carbocycles. The molecule has 0 saturated heterocycles. The first-order valence-electron chi connectivity index (χ1n) is 5.82. The minimum Gasteiger partial charge on any atom is -0.327 e. The van der Waals surface area contributed by atoms with Gasteiger partial charge in [0.25, 0.3) is 0 Å². The van der Waals surface area contributed by atoms with E-state index in [1.54, 1.807) is 6.20 Å². The molecule has 0 fully saturated rings. The van der Waals surface area contributed by atoms with E-state index in [4.69, 9.17) is 5.73 Å². The Balaban J connectivity index is 2.41. The van der Waals surface area contributed by atoms with E-state index in [9.17, 15) is 9.18 Å².